The summed E-state index contributed by atoms with van der Waals surface area (Å²) in [6, 6.07) is 18.3. The Labute approximate surface area is 191 Å². The molecule has 2 heterocycles. The van der Waals surface area contributed by atoms with Gasteiger partial charge in [0, 0.05) is 48.3 Å². The van der Waals surface area contributed by atoms with Crippen LogP contribution in [0.3, 0.4) is 0 Å². The maximum atomic E-state index is 13.0. The molecule has 0 unspecified atom stereocenters. The van der Waals surface area contributed by atoms with E-state index in [1.807, 2.05) is 35.2 Å². The van der Waals surface area contributed by atoms with Gasteiger partial charge in [-0.2, -0.15) is 0 Å². The van der Waals surface area contributed by atoms with Crippen LogP contribution in [0.2, 0.25) is 0 Å². The lowest BCUT2D eigenvalue weighted by atomic mass is 9.74. The van der Waals surface area contributed by atoms with Gasteiger partial charge in [0.15, 0.2) is 0 Å². The second-order valence-electron chi connectivity index (χ2n) is 9.08. The molecule has 0 spiro atoms. The molecule has 5 heteroatoms. The van der Waals surface area contributed by atoms with Gasteiger partial charge < -0.3 is 15.3 Å². The number of carbonyl (C=O) groups is 1. The summed E-state index contributed by atoms with van der Waals surface area (Å²) in [6.45, 7) is 6.69. The van der Waals surface area contributed by atoms with Crippen molar-refractivity contribution >= 4 is 11.7 Å². The average Bonchev–Trinajstić information content (AvgIpc) is 2.78. The number of aliphatic hydroxyl groups is 1. The van der Waals surface area contributed by atoms with E-state index in [-0.39, 0.29) is 30.6 Å². The number of amides is 2. The lowest BCUT2D eigenvalue weighted by Gasteiger charge is -2.57. The van der Waals surface area contributed by atoms with E-state index in [0.29, 0.717) is 12.5 Å². The summed E-state index contributed by atoms with van der Waals surface area (Å²) in [7, 11) is 0. The highest BCUT2D eigenvalue weighted by Gasteiger charge is 2.49. The normalized spacial score (nSPS) is 23.2. The second kappa shape index (κ2) is 10.2. The lowest BCUT2D eigenvalue weighted by molar-refractivity contribution is -0.0585. The molecule has 0 radical (unpaired) electrons. The number of hydrogen-bond acceptors (Lipinski definition) is 3. The topological polar surface area (TPSA) is 55.8 Å². The molecule has 2 aliphatic heterocycles. The number of anilines is 1. The zero-order valence-electron chi connectivity index (χ0n) is 19.0. The van der Waals surface area contributed by atoms with Crippen LogP contribution in [-0.2, 0) is 0 Å². The molecule has 2 aromatic carbocycles. The molecule has 32 heavy (non-hydrogen) atoms. The van der Waals surface area contributed by atoms with E-state index >= 15 is 0 Å². The summed E-state index contributed by atoms with van der Waals surface area (Å²) >= 11 is 0. The molecule has 4 rings (SSSR count). The van der Waals surface area contributed by atoms with Gasteiger partial charge in [-0.15, -0.1) is 0 Å². The van der Waals surface area contributed by atoms with Crippen LogP contribution in [0, 0.1) is 17.8 Å². The van der Waals surface area contributed by atoms with Gasteiger partial charge in [-0.1, -0.05) is 56.0 Å². The predicted octanol–water partition coefficient (Wildman–Crippen LogP) is 4.15. The number of hydrogen-bond donors (Lipinski definition) is 2. The van der Waals surface area contributed by atoms with Gasteiger partial charge in [0.05, 0.1) is 6.61 Å². The molecule has 2 aromatic rings. The zero-order valence-corrected chi connectivity index (χ0v) is 19.0. The number of rotatable bonds is 3. The summed E-state index contributed by atoms with van der Waals surface area (Å²) in [5, 5.41) is 13.2. The molecule has 2 fully saturated rings. The third-order valence-corrected chi connectivity index (χ3v) is 6.48. The van der Waals surface area contributed by atoms with Crippen molar-refractivity contribution in [2.24, 2.45) is 5.92 Å². The van der Waals surface area contributed by atoms with E-state index in [0.717, 1.165) is 37.2 Å². The molecule has 0 saturated carbocycles. The Morgan fingerprint density at radius 1 is 1.09 bits per heavy atom. The molecule has 2 amide bonds. The van der Waals surface area contributed by atoms with Crippen molar-refractivity contribution in [1.82, 2.24) is 9.80 Å². The number of urea groups is 1. The van der Waals surface area contributed by atoms with Crippen molar-refractivity contribution in [3.8, 4) is 11.8 Å². The van der Waals surface area contributed by atoms with Crippen LogP contribution in [0.1, 0.15) is 43.7 Å². The van der Waals surface area contributed by atoms with E-state index in [1.54, 1.807) is 0 Å². The highest BCUT2D eigenvalue weighted by Crippen LogP contribution is 2.42. The first-order valence-electron chi connectivity index (χ1n) is 11.7. The maximum Gasteiger partial charge on any atom is 0.321 e. The van der Waals surface area contributed by atoms with Crippen molar-refractivity contribution in [3.63, 3.8) is 0 Å². The van der Waals surface area contributed by atoms with E-state index in [2.05, 4.69) is 60.2 Å². The largest absolute Gasteiger partial charge is 0.395 e. The predicted molar refractivity (Wildman–Crippen MR) is 129 cm³/mol. The fourth-order valence-corrected chi connectivity index (χ4v) is 4.87. The van der Waals surface area contributed by atoms with Crippen molar-refractivity contribution < 1.29 is 9.90 Å². The number of benzene rings is 2. The smallest absolute Gasteiger partial charge is 0.321 e. The minimum absolute atomic E-state index is 0.0523. The van der Waals surface area contributed by atoms with Gasteiger partial charge in [-0.3, -0.25) is 4.90 Å². The molecule has 2 aliphatic rings. The van der Waals surface area contributed by atoms with Crippen LogP contribution in [-0.4, -0.2) is 59.3 Å². The highest BCUT2D eigenvalue weighted by atomic mass is 16.3. The van der Waals surface area contributed by atoms with E-state index in [9.17, 15) is 9.90 Å². The summed E-state index contributed by atoms with van der Waals surface area (Å²) in [4.78, 5) is 17.3. The Morgan fingerprint density at radius 3 is 2.50 bits per heavy atom. The Kier molecular flexibility index (Phi) is 7.14. The van der Waals surface area contributed by atoms with Gasteiger partial charge in [0.2, 0.25) is 0 Å². The van der Waals surface area contributed by atoms with Crippen molar-refractivity contribution in [1.29, 1.82) is 0 Å². The van der Waals surface area contributed by atoms with E-state index in [1.165, 1.54) is 5.56 Å². The number of nitrogens with one attached hydrogen (secondary N) is 1. The van der Waals surface area contributed by atoms with Gasteiger partial charge in [0.25, 0.3) is 0 Å². The SMILES string of the molecule is CC(C)C#Cc1ccc([C@@H]2[C@H]3CN(C(=O)Nc4ccccc4)CCCCN3[C@H]2CO)cc1. The number of para-hydroxylation sites is 1. The van der Waals surface area contributed by atoms with Gasteiger partial charge >= 0.3 is 6.03 Å². The third-order valence-electron chi connectivity index (χ3n) is 6.48. The molecule has 0 aromatic heterocycles. The minimum Gasteiger partial charge on any atom is -0.395 e. The Balaban J connectivity index is 1.51. The molecule has 0 aliphatic carbocycles. The Bertz CT molecular complexity index is 962. The van der Waals surface area contributed by atoms with E-state index in [4.69, 9.17) is 0 Å². The minimum atomic E-state index is -0.0523. The number of carbonyl (C=O) groups excluding carboxylic acids is 1. The number of aliphatic hydroxyl groups excluding tert-OH is 1. The zero-order chi connectivity index (χ0) is 22.5. The van der Waals surface area contributed by atoms with Gasteiger partial charge in [-0.05, 0) is 49.2 Å². The molecular weight excluding hydrogens is 398 g/mol. The van der Waals surface area contributed by atoms with E-state index < -0.39 is 0 Å². The van der Waals surface area contributed by atoms with Crippen molar-refractivity contribution in [2.75, 3.05) is 31.6 Å². The van der Waals surface area contributed by atoms with Gasteiger partial charge in [0.1, 0.15) is 0 Å². The summed E-state index contributed by atoms with van der Waals surface area (Å²) in [5.74, 6) is 6.98. The first kappa shape index (κ1) is 22.4. The van der Waals surface area contributed by atoms with Crippen LogP contribution >= 0.6 is 0 Å². The number of nitrogens with zero attached hydrogens (tertiary/aromatic N) is 2. The quantitative estimate of drug-likeness (QED) is 0.718. The monoisotopic (exact) mass is 431 g/mol. The molecule has 168 valence electrons. The summed E-state index contributed by atoms with van der Waals surface area (Å²) in [6.07, 6.45) is 2.00. The Hall–Kier alpha value is -2.81. The van der Waals surface area contributed by atoms with Crippen LogP contribution < -0.4 is 5.32 Å². The second-order valence-corrected chi connectivity index (χ2v) is 9.08. The molecular formula is C27H33N3O2. The van der Waals surface area contributed by atoms with Crippen molar-refractivity contribution in [2.45, 2.75) is 44.7 Å². The maximum absolute atomic E-state index is 13.0. The first-order chi connectivity index (χ1) is 15.6. The molecule has 2 N–H and O–H groups in total. The van der Waals surface area contributed by atoms with Crippen LogP contribution in [0.5, 0.6) is 0 Å². The average molecular weight is 432 g/mol. The van der Waals surface area contributed by atoms with Crippen LogP contribution in [0.15, 0.2) is 54.6 Å². The fraction of sp³-hybridized carbons (Fsp3) is 0.444. The summed E-state index contributed by atoms with van der Waals surface area (Å²) < 4.78 is 0. The lowest BCUT2D eigenvalue weighted by Crippen LogP contribution is -2.68. The highest BCUT2D eigenvalue weighted by molar-refractivity contribution is 5.89. The van der Waals surface area contributed by atoms with Gasteiger partial charge in [-0.25, -0.2) is 4.79 Å². The fourth-order valence-electron chi connectivity index (χ4n) is 4.87. The van der Waals surface area contributed by atoms with Crippen LogP contribution in [0.25, 0.3) is 0 Å². The first-order valence-corrected chi connectivity index (χ1v) is 11.7. The molecule has 5 nitrogen and oxygen atoms in total. The number of fused-ring (bicyclic) bond motifs is 1. The van der Waals surface area contributed by atoms with Crippen LogP contribution in [0.4, 0.5) is 10.5 Å². The third kappa shape index (κ3) is 4.98. The molecule has 3 atom stereocenters. The standard InChI is InChI=1S/C27H33N3O2/c1-20(2)10-11-21-12-14-22(15-13-21)26-24-18-29(16-6-7-17-30(24)25(26)19-31)27(32)28-23-8-4-3-5-9-23/h3-5,8-9,12-15,20,24-26,31H,6-7,16-19H2,1-2H3,(H,28,32)/t24-,25+,26-/m1/s1. The Morgan fingerprint density at radius 2 is 1.81 bits per heavy atom. The molecule has 2 saturated heterocycles. The summed E-state index contributed by atoms with van der Waals surface area (Å²) in [5.41, 5.74) is 3.04. The van der Waals surface area contributed by atoms with Crippen molar-refractivity contribution in [3.05, 3.63) is 65.7 Å². The molecule has 0 bridgehead atoms.